The number of rotatable bonds is 7. The molecule has 9 heteroatoms. The van der Waals surface area contributed by atoms with Gasteiger partial charge in [0.1, 0.15) is 16.5 Å². The van der Waals surface area contributed by atoms with Crippen LogP contribution in [-0.2, 0) is 11.2 Å². The molecule has 30 heavy (non-hydrogen) atoms. The Bertz CT molecular complexity index is 1180. The first-order valence-corrected chi connectivity index (χ1v) is 10.3. The minimum Gasteiger partial charge on any atom is -0.495 e. The Morgan fingerprint density at radius 1 is 1.17 bits per heavy atom. The van der Waals surface area contributed by atoms with Crippen LogP contribution in [0.2, 0.25) is 0 Å². The number of anilines is 1. The van der Waals surface area contributed by atoms with E-state index in [2.05, 4.69) is 27.5 Å². The minimum atomic E-state index is -0.279. The second kappa shape index (κ2) is 8.50. The molecule has 0 aliphatic heterocycles. The third-order valence-corrected chi connectivity index (χ3v) is 5.52. The highest BCUT2D eigenvalue weighted by Gasteiger charge is 2.14. The molecule has 1 amide bonds. The lowest BCUT2D eigenvalue weighted by Gasteiger charge is -2.12. The summed E-state index contributed by atoms with van der Waals surface area (Å²) in [4.78, 5) is 13.2. The molecule has 0 aliphatic carbocycles. The molecule has 2 aromatic heterocycles. The van der Waals surface area contributed by atoms with E-state index in [1.165, 1.54) is 16.9 Å². The van der Waals surface area contributed by atoms with Gasteiger partial charge in [0.25, 0.3) is 5.91 Å². The fourth-order valence-corrected chi connectivity index (χ4v) is 3.81. The number of carbonyl (C=O) groups is 1. The summed E-state index contributed by atoms with van der Waals surface area (Å²) in [6.07, 6.45) is 0.956. The van der Waals surface area contributed by atoms with Crippen molar-refractivity contribution in [1.82, 2.24) is 19.8 Å². The summed E-state index contributed by atoms with van der Waals surface area (Å²) in [5.74, 6) is 1.65. The van der Waals surface area contributed by atoms with Crippen LogP contribution in [-0.4, -0.2) is 39.4 Å². The van der Waals surface area contributed by atoms with Gasteiger partial charge in [-0.25, -0.2) is 0 Å². The molecule has 0 aliphatic rings. The van der Waals surface area contributed by atoms with Gasteiger partial charge in [0.05, 0.1) is 12.8 Å². The van der Waals surface area contributed by atoms with Gasteiger partial charge in [-0.1, -0.05) is 30.4 Å². The van der Waals surface area contributed by atoms with Crippen LogP contribution < -0.4 is 14.8 Å². The third kappa shape index (κ3) is 4.11. The molecule has 0 radical (unpaired) electrons. The second-order valence-corrected chi connectivity index (χ2v) is 7.55. The van der Waals surface area contributed by atoms with Crippen LogP contribution in [0.1, 0.15) is 18.3 Å². The smallest absolute Gasteiger partial charge is 0.262 e. The molecule has 2 aromatic carbocycles. The molecular weight excluding hydrogens is 402 g/mol. The molecule has 154 valence electrons. The molecule has 0 saturated heterocycles. The van der Waals surface area contributed by atoms with Crippen LogP contribution in [0.3, 0.4) is 0 Å². The molecule has 0 unspecified atom stereocenters. The lowest BCUT2D eigenvalue weighted by atomic mass is 10.2. The van der Waals surface area contributed by atoms with Crippen molar-refractivity contribution in [2.75, 3.05) is 19.0 Å². The number of hydrogen-bond donors (Lipinski definition) is 1. The molecule has 8 nitrogen and oxygen atoms in total. The Labute approximate surface area is 177 Å². The maximum atomic E-state index is 12.4. The van der Waals surface area contributed by atoms with E-state index in [0.717, 1.165) is 22.8 Å². The van der Waals surface area contributed by atoms with Gasteiger partial charge < -0.3 is 14.8 Å². The lowest BCUT2D eigenvalue weighted by molar-refractivity contribution is -0.118. The van der Waals surface area contributed by atoms with Gasteiger partial charge in [-0.15, -0.1) is 10.2 Å². The molecule has 4 rings (SSSR count). The van der Waals surface area contributed by atoms with Gasteiger partial charge in [-0.2, -0.15) is 9.61 Å². The Balaban J connectivity index is 1.49. The van der Waals surface area contributed by atoms with Gasteiger partial charge in [0.2, 0.25) is 4.96 Å². The molecule has 4 aromatic rings. The molecular formula is C21H21N5O3S. The van der Waals surface area contributed by atoms with Crippen LogP contribution in [0, 0.1) is 6.92 Å². The predicted octanol–water partition coefficient (Wildman–Crippen LogP) is 3.75. The first kappa shape index (κ1) is 19.8. The van der Waals surface area contributed by atoms with Crippen molar-refractivity contribution in [2.45, 2.75) is 20.3 Å². The van der Waals surface area contributed by atoms with Crippen LogP contribution in [0.5, 0.6) is 11.5 Å². The number of fused-ring (bicyclic) bond motifs is 1. The molecule has 0 saturated carbocycles. The number of aryl methyl sites for hydroxylation is 2. The number of aromatic nitrogens is 4. The normalized spacial score (nSPS) is 10.9. The van der Waals surface area contributed by atoms with Crippen LogP contribution >= 0.6 is 11.3 Å². The number of carbonyl (C=O) groups excluding carboxylic acids is 1. The van der Waals surface area contributed by atoms with Crippen molar-refractivity contribution in [3.63, 3.8) is 0 Å². The van der Waals surface area contributed by atoms with E-state index in [1.807, 2.05) is 43.3 Å². The SMILES string of the molecule is CCc1ccc(OCC(=O)Nc2cc(-c3nn4c(C)nnc4s3)ccc2OC)cc1. The molecule has 0 bridgehead atoms. The van der Waals surface area contributed by atoms with E-state index in [1.54, 1.807) is 17.7 Å². The predicted molar refractivity (Wildman–Crippen MR) is 115 cm³/mol. The van der Waals surface area contributed by atoms with Crippen molar-refractivity contribution in [3.8, 4) is 22.1 Å². The van der Waals surface area contributed by atoms with Crippen LogP contribution in [0.25, 0.3) is 15.5 Å². The highest BCUT2D eigenvalue weighted by molar-refractivity contribution is 7.19. The van der Waals surface area contributed by atoms with Crippen molar-refractivity contribution in [3.05, 3.63) is 53.9 Å². The van der Waals surface area contributed by atoms with Crippen molar-refractivity contribution in [1.29, 1.82) is 0 Å². The van der Waals surface area contributed by atoms with Crippen LogP contribution in [0.15, 0.2) is 42.5 Å². The van der Waals surface area contributed by atoms with Gasteiger partial charge in [-0.3, -0.25) is 4.79 Å². The average Bonchev–Trinajstić information content (AvgIpc) is 3.34. The fourth-order valence-electron chi connectivity index (χ4n) is 2.93. The summed E-state index contributed by atoms with van der Waals surface area (Å²) >= 11 is 1.42. The number of benzene rings is 2. The fraction of sp³-hybridized carbons (Fsp3) is 0.238. The zero-order valence-electron chi connectivity index (χ0n) is 16.9. The van der Waals surface area contributed by atoms with Crippen molar-refractivity contribution >= 4 is 27.9 Å². The Morgan fingerprint density at radius 3 is 2.67 bits per heavy atom. The van der Waals surface area contributed by atoms with E-state index < -0.39 is 0 Å². The highest BCUT2D eigenvalue weighted by Crippen LogP contribution is 2.32. The summed E-state index contributed by atoms with van der Waals surface area (Å²) in [6, 6.07) is 13.2. The molecule has 0 spiro atoms. The maximum Gasteiger partial charge on any atom is 0.262 e. The summed E-state index contributed by atoms with van der Waals surface area (Å²) in [5.41, 5.74) is 2.61. The molecule has 2 heterocycles. The highest BCUT2D eigenvalue weighted by atomic mass is 32.1. The summed E-state index contributed by atoms with van der Waals surface area (Å²) in [5, 5.41) is 16.3. The zero-order valence-corrected chi connectivity index (χ0v) is 17.7. The van der Waals surface area contributed by atoms with E-state index in [-0.39, 0.29) is 12.5 Å². The van der Waals surface area contributed by atoms with E-state index in [4.69, 9.17) is 9.47 Å². The third-order valence-electron chi connectivity index (χ3n) is 4.57. The first-order valence-electron chi connectivity index (χ1n) is 9.46. The number of nitrogens with one attached hydrogen (secondary N) is 1. The average molecular weight is 423 g/mol. The van der Waals surface area contributed by atoms with E-state index >= 15 is 0 Å². The monoisotopic (exact) mass is 423 g/mol. The molecule has 1 N–H and O–H groups in total. The van der Waals surface area contributed by atoms with Crippen molar-refractivity contribution < 1.29 is 14.3 Å². The minimum absolute atomic E-state index is 0.102. The van der Waals surface area contributed by atoms with Gasteiger partial charge >= 0.3 is 0 Å². The quantitative estimate of drug-likeness (QED) is 0.487. The lowest BCUT2D eigenvalue weighted by Crippen LogP contribution is -2.20. The number of amides is 1. The second-order valence-electron chi connectivity index (χ2n) is 6.60. The Hall–Kier alpha value is -3.46. The van der Waals surface area contributed by atoms with Gasteiger partial charge in [0, 0.05) is 5.56 Å². The number of hydrogen-bond acceptors (Lipinski definition) is 7. The molecule has 0 fully saturated rings. The Morgan fingerprint density at radius 2 is 1.97 bits per heavy atom. The summed E-state index contributed by atoms with van der Waals surface area (Å²) in [6.45, 7) is 3.83. The van der Waals surface area contributed by atoms with Gasteiger partial charge in [0.15, 0.2) is 12.4 Å². The van der Waals surface area contributed by atoms with Crippen LogP contribution in [0.4, 0.5) is 5.69 Å². The van der Waals surface area contributed by atoms with Crippen molar-refractivity contribution in [2.24, 2.45) is 0 Å². The standard InChI is InChI=1S/C21H21N5O3S/c1-4-14-5-8-16(9-6-14)29-12-19(27)22-17-11-15(7-10-18(17)28-3)20-25-26-13(2)23-24-21(26)30-20/h5-11H,4,12H2,1-3H3,(H,22,27). The van der Waals surface area contributed by atoms with Gasteiger partial charge in [-0.05, 0) is 49.2 Å². The number of nitrogens with zero attached hydrogens (tertiary/aromatic N) is 4. The zero-order chi connectivity index (χ0) is 21.1. The number of ether oxygens (including phenoxy) is 2. The molecule has 0 atom stereocenters. The summed E-state index contributed by atoms with van der Waals surface area (Å²) in [7, 11) is 1.56. The number of methoxy groups -OCH3 is 1. The van der Waals surface area contributed by atoms with E-state index in [0.29, 0.717) is 22.1 Å². The Kier molecular flexibility index (Phi) is 5.62. The largest absolute Gasteiger partial charge is 0.495 e. The maximum absolute atomic E-state index is 12.4. The van der Waals surface area contributed by atoms with E-state index in [9.17, 15) is 4.79 Å². The first-order chi connectivity index (χ1) is 14.6. The topological polar surface area (TPSA) is 90.6 Å². The summed E-state index contributed by atoms with van der Waals surface area (Å²) < 4.78 is 12.7.